The van der Waals surface area contributed by atoms with Gasteiger partial charge in [0.15, 0.2) is 0 Å². The Hall–Kier alpha value is -0.650. The largest absolute Gasteiger partial charge is 0.336 e. The maximum Gasteiger partial charge on any atom is 0.255 e. The maximum atomic E-state index is 13.1. The Morgan fingerprint density at radius 3 is 2.78 bits per heavy atom. The summed E-state index contributed by atoms with van der Waals surface area (Å²) in [5, 5.41) is 0. The molecule has 0 radical (unpaired) electrons. The van der Waals surface area contributed by atoms with Crippen LogP contribution in [0.3, 0.4) is 0 Å². The van der Waals surface area contributed by atoms with Crippen molar-refractivity contribution in [3.8, 4) is 0 Å². The van der Waals surface area contributed by atoms with Crippen molar-refractivity contribution in [1.82, 2.24) is 4.90 Å². The topological polar surface area (TPSA) is 20.3 Å². The standard InChI is InChI=1S/C14H17FINO/c1-2-3-8-17(11-5-6-11)14(18)12-7-4-10(15)9-13(12)16/h4,7,9,11H,2-3,5-6,8H2,1H3. The van der Waals surface area contributed by atoms with Crippen molar-refractivity contribution in [2.24, 2.45) is 0 Å². The number of hydrogen-bond donors (Lipinski definition) is 0. The van der Waals surface area contributed by atoms with Gasteiger partial charge in [-0.15, -0.1) is 0 Å². The lowest BCUT2D eigenvalue weighted by Gasteiger charge is -2.22. The van der Waals surface area contributed by atoms with Crippen molar-refractivity contribution in [3.63, 3.8) is 0 Å². The van der Waals surface area contributed by atoms with Crippen LogP contribution in [0.15, 0.2) is 18.2 Å². The van der Waals surface area contributed by atoms with E-state index in [9.17, 15) is 9.18 Å². The first-order valence-electron chi connectivity index (χ1n) is 6.39. The van der Waals surface area contributed by atoms with Crippen LogP contribution in [0.2, 0.25) is 0 Å². The molecule has 1 fully saturated rings. The normalized spacial score (nSPS) is 14.6. The molecular formula is C14H17FINO. The zero-order valence-corrected chi connectivity index (χ0v) is 12.6. The van der Waals surface area contributed by atoms with Crippen LogP contribution < -0.4 is 0 Å². The summed E-state index contributed by atoms with van der Waals surface area (Å²) in [7, 11) is 0. The summed E-state index contributed by atoms with van der Waals surface area (Å²) in [5.41, 5.74) is 0.625. The van der Waals surface area contributed by atoms with E-state index < -0.39 is 0 Å². The van der Waals surface area contributed by atoms with Gasteiger partial charge in [0.2, 0.25) is 0 Å². The monoisotopic (exact) mass is 361 g/mol. The molecular weight excluding hydrogens is 344 g/mol. The molecule has 0 N–H and O–H groups in total. The first-order valence-corrected chi connectivity index (χ1v) is 7.47. The third-order valence-electron chi connectivity index (χ3n) is 3.16. The lowest BCUT2D eigenvalue weighted by atomic mass is 10.2. The molecule has 0 aliphatic heterocycles. The number of unbranched alkanes of at least 4 members (excludes halogenated alkanes) is 1. The summed E-state index contributed by atoms with van der Waals surface area (Å²) in [6, 6.07) is 4.78. The van der Waals surface area contributed by atoms with Crippen LogP contribution in [0.5, 0.6) is 0 Å². The minimum atomic E-state index is -0.289. The summed E-state index contributed by atoms with van der Waals surface area (Å²) in [5.74, 6) is -0.238. The number of amides is 1. The number of rotatable bonds is 5. The van der Waals surface area contributed by atoms with Crippen molar-refractivity contribution in [1.29, 1.82) is 0 Å². The molecule has 0 saturated heterocycles. The van der Waals surface area contributed by atoms with E-state index in [1.165, 1.54) is 12.1 Å². The lowest BCUT2D eigenvalue weighted by molar-refractivity contribution is 0.0739. The molecule has 0 atom stereocenters. The van der Waals surface area contributed by atoms with Gasteiger partial charge in [-0.3, -0.25) is 4.79 Å². The number of benzene rings is 1. The van der Waals surface area contributed by atoms with Crippen LogP contribution in [0, 0.1) is 9.39 Å². The molecule has 4 heteroatoms. The Morgan fingerprint density at radius 1 is 1.50 bits per heavy atom. The van der Waals surface area contributed by atoms with Gasteiger partial charge in [-0.2, -0.15) is 0 Å². The summed E-state index contributed by atoms with van der Waals surface area (Å²) >= 11 is 2.03. The van der Waals surface area contributed by atoms with Gasteiger partial charge in [-0.25, -0.2) is 4.39 Å². The SMILES string of the molecule is CCCCN(C(=O)c1ccc(F)cc1I)C1CC1. The van der Waals surface area contributed by atoms with E-state index in [2.05, 4.69) is 6.92 Å². The highest BCUT2D eigenvalue weighted by molar-refractivity contribution is 14.1. The first kappa shape index (κ1) is 13.8. The van der Waals surface area contributed by atoms with Crippen LogP contribution in [0.4, 0.5) is 4.39 Å². The fourth-order valence-electron chi connectivity index (χ4n) is 1.98. The number of carbonyl (C=O) groups is 1. The first-order chi connectivity index (χ1) is 8.63. The van der Waals surface area contributed by atoms with Gasteiger partial charge in [0, 0.05) is 16.2 Å². The second-order valence-electron chi connectivity index (χ2n) is 4.71. The molecule has 1 aromatic carbocycles. The molecule has 0 unspecified atom stereocenters. The second-order valence-corrected chi connectivity index (χ2v) is 5.87. The van der Waals surface area contributed by atoms with Crippen molar-refractivity contribution in [2.75, 3.05) is 6.54 Å². The number of nitrogens with zero attached hydrogens (tertiary/aromatic N) is 1. The Labute approximate surface area is 121 Å². The summed E-state index contributed by atoms with van der Waals surface area (Å²) in [6.45, 7) is 2.94. The summed E-state index contributed by atoms with van der Waals surface area (Å²) in [6.07, 6.45) is 4.32. The zero-order chi connectivity index (χ0) is 13.1. The van der Waals surface area contributed by atoms with Gasteiger partial charge in [0.05, 0.1) is 5.56 Å². The average Bonchev–Trinajstić information content (AvgIpc) is 3.13. The van der Waals surface area contributed by atoms with E-state index in [-0.39, 0.29) is 11.7 Å². The van der Waals surface area contributed by atoms with E-state index in [1.807, 2.05) is 27.5 Å². The van der Waals surface area contributed by atoms with Crippen LogP contribution in [0.1, 0.15) is 43.0 Å². The zero-order valence-electron chi connectivity index (χ0n) is 10.5. The van der Waals surface area contributed by atoms with Crippen LogP contribution in [0.25, 0.3) is 0 Å². The third-order valence-corrected chi connectivity index (χ3v) is 4.06. The number of halogens is 2. The Bertz CT molecular complexity index is 445. The quantitative estimate of drug-likeness (QED) is 0.730. The second kappa shape index (κ2) is 5.99. The van der Waals surface area contributed by atoms with Crippen molar-refractivity contribution in [3.05, 3.63) is 33.1 Å². The van der Waals surface area contributed by atoms with Crippen LogP contribution in [-0.4, -0.2) is 23.4 Å². The van der Waals surface area contributed by atoms with Gasteiger partial charge < -0.3 is 4.90 Å². The van der Waals surface area contributed by atoms with Gasteiger partial charge in [0.25, 0.3) is 5.91 Å². The Morgan fingerprint density at radius 2 is 2.22 bits per heavy atom. The van der Waals surface area contributed by atoms with Gasteiger partial charge in [-0.05, 0) is 60.1 Å². The Balaban J connectivity index is 2.16. The third kappa shape index (κ3) is 3.22. The molecule has 0 spiro atoms. The van der Waals surface area contributed by atoms with Crippen molar-refractivity contribution in [2.45, 2.75) is 38.6 Å². The number of carbonyl (C=O) groups excluding carboxylic acids is 1. The molecule has 98 valence electrons. The molecule has 0 heterocycles. The van der Waals surface area contributed by atoms with Crippen molar-refractivity contribution < 1.29 is 9.18 Å². The highest BCUT2D eigenvalue weighted by atomic mass is 127. The Kier molecular flexibility index (Phi) is 4.59. The number of hydrogen-bond acceptors (Lipinski definition) is 1. The van der Waals surface area contributed by atoms with Gasteiger partial charge >= 0.3 is 0 Å². The summed E-state index contributed by atoms with van der Waals surface area (Å²) in [4.78, 5) is 14.4. The molecule has 1 aliphatic rings. The molecule has 18 heavy (non-hydrogen) atoms. The predicted octanol–water partition coefficient (Wildman–Crippen LogP) is 3.84. The molecule has 1 aromatic rings. The van der Waals surface area contributed by atoms with Crippen LogP contribution >= 0.6 is 22.6 Å². The van der Waals surface area contributed by atoms with Crippen LogP contribution in [-0.2, 0) is 0 Å². The predicted molar refractivity (Wildman–Crippen MR) is 78.1 cm³/mol. The summed E-state index contributed by atoms with van der Waals surface area (Å²) < 4.78 is 13.8. The minimum Gasteiger partial charge on any atom is -0.336 e. The van der Waals surface area contributed by atoms with E-state index in [0.717, 1.165) is 32.2 Å². The minimum absolute atomic E-state index is 0.0513. The molecule has 0 bridgehead atoms. The van der Waals surface area contributed by atoms with E-state index in [0.29, 0.717) is 15.2 Å². The molecule has 1 aliphatic carbocycles. The van der Waals surface area contributed by atoms with Gasteiger partial charge in [-0.1, -0.05) is 13.3 Å². The fourth-order valence-corrected chi connectivity index (χ4v) is 2.69. The van der Waals surface area contributed by atoms with E-state index in [4.69, 9.17) is 0 Å². The maximum absolute atomic E-state index is 13.1. The lowest BCUT2D eigenvalue weighted by Crippen LogP contribution is -2.34. The van der Waals surface area contributed by atoms with E-state index >= 15 is 0 Å². The average molecular weight is 361 g/mol. The highest BCUT2D eigenvalue weighted by Gasteiger charge is 2.33. The molecule has 2 nitrogen and oxygen atoms in total. The highest BCUT2D eigenvalue weighted by Crippen LogP contribution is 2.29. The molecule has 1 saturated carbocycles. The fraction of sp³-hybridized carbons (Fsp3) is 0.500. The molecule has 2 rings (SSSR count). The molecule has 0 aromatic heterocycles. The smallest absolute Gasteiger partial charge is 0.255 e. The van der Waals surface area contributed by atoms with E-state index in [1.54, 1.807) is 6.07 Å². The van der Waals surface area contributed by atoms with Gasteiger partial charge in [0.1, 0.15) is 5.82 Å². The molecule has 1 amide bonds. The van der Waals surface area contributed by atoms with Crippen molar-refractivity contribution >= 4 is 28.5 Å².